The number of carbonyl (C=O) groups excluding carboxylic acids is 2. The molecule has 1 fully saturated rings. The Kier molecular flexibility index (Phi) is 4.61. The van der Waals surface area contributed by atoms with E-state index >= 15 is 0 Å². The summed E-state index contributed by atoms with van der Waals surface area (Å²) >= 11 is 0. The second-order valence-electron chi connectivity index (χ2n) is 4.24. The first-order valence-corrected chi connectivity index (χ1v) is 6.27. The Balaban J connectivity index is 2.37. The molecule has 10 nitrogen and oxygen atoms in total. The van der Waals surface area contributed by atoms with Crippen LogP contribution in [0.4, 0.5) is 10.7 Å². The molecule has 0 aliphatic carbocycles. The van der Waals surface area contributed by atoms with Crippen LogP contribution in [0.1, 0.15) is 6.42 Å². The van der Waals surface area contributed by atoms with Crippen molar-refractivity contribution in [2.45, 2.75) is 12.6 Å². The van der Waals surface area contributed by atoms with Gasteiger partial charge in [-0.25, -0.2) is 19.6 Å². The lowest BCUT2D eigenvalue weighted by Crippen LogP contribution is -2.37. The number of esters is 1. The first kappa shape index (κ1) is 15.8. The predicted molar refractivity (Wildman–Crippen MR) is 72.3 cm³/mol. The summed E-state index contributed by atoms with van der Waals surface area (Å²) in [5.41, 5.74) is 0. The van der Waals surface area contributed by atoms with Crippen LogP contribution in [0.2, 0.25) is 0 Å². The van der Waals surface area contributed by atoms with Crippen LogP contribution in [-0.4, -0.2) is 61.6 Å². The van der Waals surface area contributed by atoms with E-state index in [4.69, 9.17) is 14.3 Å². The number of anilines is 1. The number of hydroxylamine groups is 2. The van der Waals surface area contributed by atoms with Gasteiger partial charge in [-0.1, -0.05) is 0 Å². The average molecular weight is 312 g/mol. The fraction of sp³-hybridized carbons (Fsp3) is 0.500. The van der Waals surface area contributed by atoms with Crippen LogP contribution in [0.3, 0.4) is 0 Å². The zero-order valence-corrected chi connectivity index (χ0v) is 12.6. The van der Waals surface area contributed by atoms with Gasteiger partial charge in [-0.05, 0) is 0 Å². The van der Waals surface area contributed by atoms with Gasteiger partial charge in [0.1, 0.15) is 0 Å². The lowest BCUT2D eigenvalue weighted by molar-refractivity contribution is -0.150. The van der Waals surface area contributed by atoms with E-state index in [0.717, 1.165) is 9.96 Å². The van der Waals surface area contributed by atoms with Gasteiger partial charge < -0.3 is 14.2 Å². The van der Waals surface area contributed by atoms with Gasteiger partial charge >= 0.3 is 12.0 Å². The minimum atomic E-state index is -0.915. The molecule has 0 aromatic carbocycles. The van der Waals surface area contributed by atoms with Crippen molar-refractivity contribution in [3.05, 3.63) is 6.07 Å². The van der Waals surface area contributed by atoms with E-state index in [2.05, 4.69) is 14.7 Å². The fourth-order valence-electron chi connectivity index (χ4n) is 1.83. The lowest BCUT2D eigenvalue weighted by atomic mass is 10.3. The van der Waals surface area contributed by atoms with Crippen molar-refractivity contribution < 1.29 is 28.6 Å². The molecule has 2 heterocycles. The number of methoxy groups -OCH3 is 3. The quantitative estimate of drug-likeness (QED) is 0.710. The second-order valence-corrected chi connectivity index (χ2v) is 4.24. The Labute approximate surface area is 126 Å². The molecule has 0 spiro atoms. The molecule has 120 valence electrons. The minimum absolute atomic E-state index is 0.000506. The van der Waals surface area contributed by atoms with E-state index in [1.807, 2.05) is 0 Å². The van der Waals surface area contributed by atoms with Crippen molar-refractivity contribution in [3.8, 4) is 11.8 Å². The number of carbonyl (C=O) groups is 2. The molecule has 1 atom stereocenters. The maximum absolute atomic E-state index is 12.2. The maximum atomic E-state index is 12.2. The van der Waals surface area contributed by atoms with Gasteiger partial charge in [-0.3, -0.25) is 4.79 Å². The zero-order valence-electron chi connectivity index (χ0n) is 12.6. The molecule has 0 bridgehead atoms. The molecule has 2 amide bonds. The third-order valence-corrected chi connectivity index (χ3v) is 2.91. The predicted octanol–water partition coefficient (Wildman–Crippen LogP) is 0.186. The van der Waals surface area contributed by atoms with E-state index in [-0.39, 0.29) is 24.1 Å². The molecular weight excluding hydrogens is 296 g/mol. The van der Waals surface area contributed by atoms with E-state index < -0.39 is 18.2 Å². The number of nitrogens with zero attached hydrogens (tertiary/aromatic N) is 4. The summed E-state index contributed by atoms with van der Waals surface area (Å²) in [5, 5.41) is 0.989. The van der Waals surface area contributed by atoms with Crippen LogP contribution in [0, 0.1) is 0 Å². The number of urea groups is 1. The first-order valence-electron chi connectivity index (χ1n) is 6.27. The first-order chi connectivity index (χ1) is 10.5. The Hall–Kier alpha value is -2.62. The molecule has 2 rings (SSSR count). The molecule has 22 heavy (non-hydrogen) atoms. The Morgan fingerprint density at radius 3 is 2.36 bits per heavy atom. The van der Waals surface area contributed by atoms with Gasteiger partial charge in [0.25, 0.3) is 0 Å². The third kappa shape index (κ3) is 3.01. The van der Waals surface area contributed by atoms with Crippen LogP contribution in [0.25, 0.3) is 0 Å². The summed E-state index contributed by atoms with van der Waals surface area (Å²) in [6.07, 6.45) is -1.09. The Morgan fingerprint density at radius 1 is 1.27 bits per heavy atom. The van der Waals surface area contributed by atoms with Crippen LogP contribution in [0.15, 0.2) is 6.07 Å². The van der Waals surface area contributed by atoms with Crippen molar-refractivity contribution in [3.63, 3.8) is 0 Å². The molecule has 1 aromatic heterocycles. The Morgan fingerprint density at radius 2 is 1.86 bits per heavy atom. The number of ether oxygens (including phenoxy) is 3. The van der Waals surface area contributed by atoms with Gasteiger partial charge in [0.2, 0.25) is 17.7 Å². The number of rotatable bonds is 5. The second kappa shape index (κ2) is 6.43. The number of amides is 2. The van der Waals surface area contributed by atoms with Crippen molar-refractivity contribution in [2.24, 2.45) is 0 Å². The standard InChI is InChI=1S/C12H16N4O6/c1-15-12(18)16(9(22-15)6-10(17)21-4)11-13-7(19-2)5-8(14-11)20-3/h5,9H,6H2,1-4H3. The molecule has 0 N–H and O–H groups in total. The highest BCUT2D eigenvalue weighted by atomic mass is 16.7. The number of hydrogen-bond donors (Lipinski definition) is 0. The summed E-state index contributed by atoms with van der Waals surface area (Å²) in [4.78, 5) is 38.3. The highest BCUT2D eigenvalue weighted by Crippen LogP contribution is 2.27. The average Bonchev–Trinajstić information content (AvgIpc) is 2.80. The lowest BCUT2D eigenvalue weighted by Gasteiger charge is -2.18. The maximum Gasteiger partial charge on any atom is 0.352 e. The molecule has 0 radical (unpaired) electrons. The molecule has 1 saturated heterocycles. The van der Waals surface area contributed by atoms with Gasteiger partial charge in [-0.2, -0.15) is 9.97 Å². The molecule has 0 saturated carbocycles. The normalized spacial score (nSPS) is 17.6. The van der Waals surface area contributed by atoms with E-state index in [9.17, 15) is 9.59 Å². The summed E-state index contributed by atoms with van der Waals surface area (Å²) in [5.74, 6) is -0.116. The SMILES string of the molecule is COC(=O)CC1ON(C)C(=O)N1c1nc(OC)cc(OC)n1. The van der Waals surface area contributed by atoms with Crippen LogP contribution < -0.4 is 14.4 Å². The van der Waals surface area contributed by atoms with Crippen LogP contribution in [-0.2, 0) is 14.4 Å². The van der Waals surface area contributed by atoms with Gasteiger partial charge in [0.15, 0.2) is 6.23 Å². The van der Waals surface area contributed by atoms with Crippen molar-refractivity contribution in [2.75, 3.05) is 33.3 Å². The summed E-state index contributed by atoms with van der Waals surface area (Å²) in [6, 6.07) is 0.938. The summed E-state index contributed by atoms with van der Waals surface area (Å²) in [6.45, 7) is 0. The largest absolute Gasteiger partial charge is 0.481 e. The van der Waals surface area contributed by atoms with Gasteiger partial charge in [0, 0.05) is 7.05 Å². The van der Waals surface area contributed by atoms with Crippen molar-refractivity contribution >= 4 is 17.9 Å². The zero-order chi connectivity index (χ0) is 16.3. The highest BCUT2D eigenvalue weighted by molar-refractivity contribution is 5.92. The fourth-order valence-corrected chi connectivity index (χ4v) is 1.83. The molecule has 1 aromatic rings. The number of hydrogen-bond acceptors (Lipinski definition) is 8. The van der Waals surface area contributed by atoms with Crippen LogP contribution >= 0.6 is 0 Å². The van der Waals surface area contributed by atoms with Crippen molar-refractivity contribution in [1.82, 2.24) is 15.0 Å². The van der Waals surface area contributed by atoms with E-state index in [0.29, 0.717) is 0 Å². The highest BCUT2D eigenvalue weighted by Gasteiger charge is 2.41. The van der Waals surface area contributed by atoms with E-state index in [1.165, 1.54) is 34.4 Å². The molecule has 10 heteroatoms. The van der Waals surface area contributed by atoms with Gasteiger partial charge in [-0.15, -0.1) is 0 Å². The summed E-state index contributed by atoms with van der Waals surface area (Å²) in [7, 11) is 5.51. The Bertz CT molecular complexity index is 558. The van der Waals surface area contributed by atoms with E-state index in [1.54, 1.807) is 0 Å². The third-order valence-electron chi connectivity index (χ3n) is 2.91. The monoisotopic (exact) mass is 312 g/mol. The number of aromatic nitrogens is 2. The smallest absolute Gasteiger partial charge is 0.352 e. The minimum Gasteiger partial charge on any atom is -0.481 e. The van der Waals surface area contributed by atoms with Crippen LogP contribution in [0.5, 0.6) is 11.8 Å². The topological polar surface area (TPSA) is 103 Å². The molecular formula is C12H16N4O6. The van der Waals surface area contributed by atoms with Gasteiger partial charge in [0.05, 0.1) is 33.8 Å². The summed E-state index contributed by atoms with van der Waals surface area (Å²) < 4.78 is 14.7. The molecule has 1 unspecified atom stereocenters. The van der Waals surface area contributed by atoms with Crippen molar-refractivity contribution in [1.29, 1.82) is 0 Å². The molecule has 1 aliphatic rings. The molecule has 1 aliphatic heterocycles.